The minimum Gasteiger partial charge on any atom is -0.346 e. The van der Waals surface area contributed by atoms with Crippen molar-refractivity contribution in [1.29, 1.82) is 0 Å². The molecule has 0 saturated heterocycles. The molecule has 2 aromatic rings. The van der Waals surface area contributed by atoms with Gasteiger partial charge < -0.3 is 5.32 Å². The first-order chi connectivity index (χ1) is 9.22. The highest BCUT2D eigenvalue weighted by atomic mass is 32.1. The first-order valence-corrected chi connectivity index (χ1v) is 6.66. The molecule has 0 aliphatic rings. The molecule has 0 bridgehead atoms. The van der Waals surface area contributed by atoms with Crippen molar-refractivity contribution >= 4 is 18.5 Å². The summed E-state index contributed by atoms with van der Waals surface area (Å²) in [4.78, 5) is 17.0. The summed E-state index contributed by atoms with van der Waals surface area (Å²) in [5.74, 6) is -0.127. The van der Waals surface area contributed by atoms with Crippen molar-refractivity contribution in [2.24, 2.45) is 0 Å². The Hall–Kier alpha value is -1.81. The maximum Gasteiger partial charge on any atom is 0.252 e. The summed E-state index contributed by atoms with van der Waals surface area (Å²) in [6, 6.07) is 11.2. The molecule has 98 valence electrons. The highest BCUT2D eigenvalue weighted by molar-refractivity contribution is 7.80. The Morgan fingerprint density at radius 3 is 2.79 bits per heavy atom. The SMILES string of the molecule is CCc1cccnc1CNC(=O)c1ccccc1S. The van der Waals surface area contributed by atoms with Crippen molar-refractivity contribution in [2.45, 2.75) is 24.8 Å². The van der Waals surface area contributed by atoms with Crippen LogP contribution in [0.2, 0.25) is 0 Å². The van der Waals surface area contributed by atoms with E-state index in [1.54, 1.807) is 18.3 Å². The molecule has 1 heterocycles. The molecule has 0 spiro atoms. The van der Waals surface area contributed by atoms with Crippen LogP contribution in [0.3, 0.4) is 0 Å². The lowest BCUT2D eigenvalue weighted by atomic mass is 10.1. The van der Waals surface area contributed by atoms with Gasteiger partial charge in [-0.1, -0.05) is 25.1 Å². The molecule has 1 aromatic carbocycles. The normalized spacial score (nSPS) is 10.2. The smallest absolute Gasteiger partial charge is 0.252 e. The van der Waals surface area contributed by atoms with Crippen molar-refractivity contribution in [1.82, 2.24) is 10.3 Å². The molecule has 1 amide bonds. The molecule has 4 heteroatoms. The standard InChI is InChI=1S/C15H16N2OS/c1-2-11-6-5-9-16-13(11)10-17-15(18)12-7-3-4-8-14(12)19/h3-9,19H,2,10H2,1H3,(H,17,18). The third-order valence-electron chi connectivity index (χ3n) is 2.93. The number of pyridine rings is 1. The van der Waals surface area contributed by atoms with Crippen molar-refractivity contribution < 1.29 is 4.79 Å². The van der Waals surface area contributed by atoms with E-state index in [4.69, 9.17) is 0 Å². The summed E-state index contributed by atoms with van der Waals surface area (Å²) >= 11 is 4.28. The van der Waals surface area contributed by atoms with Crippen LogP contribution in [0, 0.1) is 0 Å². The van der Waals surface area contributed by atoms with Crippen LogP contribution in [-0.2, 0) is 13.0 Å². The summed E-state index contributed by atoms with van der Waals surface area (Å²) in [6.45, 7) is 2.51. The average Bonchev–Trinajstić information content (AvgIpc) is 2.45. The summed E-state index contributed by atoms with van der Waals surface area (Å²) in [6.07, 6.45) is 2.65. The maximum absolute atomic E-state index is 12.1. The molecular formula is C15H16N2OS. The van der Waals surface area contributed by atoms with Crippen LogP contribution in [0.1, 0.15) is 28.5 Å². The Labute approximate surface area is 118 Å². The Balaban J connectivity index is 2.07. The van der Waals surface area contributed by atoms with E-state index in [1.165, 1.54) is 0 Å². The number of hydrogen-bond donors (Lipinski definition) is 2. The van der Waals surface area contributed by atoms with Gasteiger partial charge in [0.05, 0.1) is 17.8 Å². The number of nitrogens with one attached hydrogen (secondary N) is 1. The Morgan fingerprint density at radius 2 is 2.05 bits per heavy atom. The number of aryl methyl sites for hydroxylation is 1. The highest BCUT2D eigenvalue weighted by Crippen LogP contribution is 2.13. The van der Waals surface area contributed by atoms with Gasteiger partial charge in [-0.25, -0.2) is 0 Å². The number of thiol groups is 1. The zero-order valence-corrected chi connectivity index (χ0v) is 11.7. The van der Waals surface area contributed by atoms with Crippen LogP contribution in [-0.4, -0.2) is 10.9 Å². The van der Waals surface area contributed by atoms with Crippen LogP contribution >= 0.6 is 12.6 Å². The van der Waals surface area contributed by atoms with Gasteiger partial charge in [-0.3, -0.25) is 9.78 Å². The lowest BCUT2D eigenvalue weighted by molar-refractivity contribution is 0.0947. The zero-order valence-electron chi connectivity index (χ0n) is 10.8. The molecule has 0 aliphatic heterocycles. The van der Waals surface area contributed by atoms with E-state index in [1.807, 2.05) is 24.3 Å². The van der Waals surface area contributed by atoms with Crippen LogP contribution in [0.4, 0.5) is 0 Å². The van der Waals surface area contributed by atoms with Gasteiger partial charge in [-0.05, 0) is 30.2 Å². The maximum atomic E-state index is 12.1. The molecule has 0 fully saturated rings. The predicted molar refractivity (Wildman–Crippen MR) is 78.5 cm³/mol. The quantitative estimate of drug-likeness (QED) is 0.840. The van der Waals surface area contributed by atoms with E-state index in [0.29, 0.717) is 17.0 Å². The van der Waals surface area contributed by atoms with Crippen LogP contribution < -0.4 is 5.32 Å². The number of carbonyl (C=O) groups excluding carboxylic acids is 1. The topological polar surface area (TPSA) is 42.0 Å². The number of hydrogen-bond acceptors (Lipinski definition) is 3. The molecular weight excluding hydrogens is 256 g/mol. The first kappa shape index (κ1) is 13.6. The van der Waals surface area contributed by atoms with E-state index in [2.05, 4.69) is 29.9 Å². The summed E-state index contributed by atoms with van der Waals surface area (Å²) in [7, 11) is 0. The number of benzene rings is 1. The zero-order chi connectivity index (χ0) is 13.7. The monoisotopic (exact) mass is 272 g/mol. The fraction of sp³-hybridized carbons (Fsp3) is 0.200. The molecule has 0 aliphatic carbocycles. The first-order valence-electron chi connectivity index (χ1n) is 6.21. The number of rotatable bonds is 4. The van der Waals surface area contributed by atoms with Gasteiger partial charge in [0, 0.05) is 11.1 Å². The van der Waals surface area contributed by atoms with E-state index in [0.717, 1.165) is 17.7 Å². The van der Waals surface area contributed by atoms with Gasteiger partial charge >= 0.3 is 0 Å². The second-order valence-corrected chi connectivity index (χ2v) is 4.64. The van der Waals surface area contributed by atoms with Gasteiger partial charge in [0.1, 0.15) is 0 Å². The lowest BCUT2D eigenvalue weighted by Gasteiger charge is -2.09. The predicted octanol–water partition coefficient (Wildman–Crippen LogP) is 2.86. The number of amides is 1. The molecule has 3 nitrogen and oxygen atoms in total. The molecule has 0 unspecified atom stereocenters. The van der Waals surface area contributed by atoms with E-state index in [9.17, 15) is 4.79 Å². The molecule has 2 rings (SSSR count). The van der Waals surface area contributed by atoms with E-state index >= 15 is 0 Å². The van der Waals surface area contributed by atoms with Gasteiger partial charge in [-0.2, -0.15) is 0 Å². The fourth-order valence-corrected chi connectivity index (χ4v) is 2.14. The van der Waals surface area contributed by atoms with E-state index in [-0.39, 0.29) is 5.91 Å². The summed E-state index contributed by atoms with van der Waals surface area (Å²) in [5.41, 5.74) is 2.65. The van der Waals surface area contributed by atoms with Crippen molar-refractivity contribution in [3.05, 3.63) is 59.4 Å². The number of carbonyl (C=O) groups is 1. The van der Waals surface area contributed by atoms with Crippen LogP contribution in [0.25, 0.3) is 0 Å². The van der Waals surface area contributed by atoms with Gasteiger partial charge in [-0.15, -0.1) is 12.6 Å². The molecule has 19 heavy (non-hydrogen) atoms. The summed E-state index contributed by atoms with van der Waals surface area (Å²) < 4.78 is 0. The van der Waals surface area contributed by atoms with Gasteiger partial charge in [0.15, 0.2) is 0 Å². The molecule has 0 radical (unpaired) electrons. The lowest BCUT2D eigenvalue weighted by Crippen LogP contribution is -2.24. The minimum atomic E-state index is -0.127. The second-order valence-electron chi connectivity index (χ2n) is 4.16. The summed E-state index contributed by atoms with van der Waals surface area (Å²) in [5, 5.41) is 2.88. The fourth-order valence-electron chi connectivity index (χ4n) is 1.88. The van der Waals surface area contributed by atoms with Crippen LogP contribution in [0.5, 0.6) is 0 Å². The van der Waals surface area contributed by atoms with Crippen molar-refractivity contribution in [2.75, 3.05) is 0 Å². The van der Waals surface area contributed by atoms with E-state index < -0.39 is 0 Å². The largest absolute Gasteiger partial charge is 0.346 e. The molecule has 0 atom stereocenters. The number of aromatic nitrogens is 1. The van der Waals surface area contributed by atoms with Gasteiger partial charge in [0.2, 0.25) is 0 Å². The molecule has 0 saturated carbocycles. The highest BCUT2D eigenvalue weighted by Gasteiger charge is 2.09. The Bertz CT molecular complexity index is 584. The second kappa shape index (κ2) is 6.38. The van der Waals surface area contributed by atoms with Crippen LogP contribution in [0.15, 0.2) is 47.5 Å². The average molecular weight is 272 g/mol. The van der Waals surface area contributed by atoms with Gasteiger partial charge in [0.25, 0.3) is 5.91 Å². The van der Waals surface area contributed by atoms with Crippen molar-refractivity contribution in [3.8, 4) is 0 Å². The molecule has 1 aromatic heterocycles. The third kappa shape index (κ3) is 3.35. The minimum absolute atomic E-state index is 0.127. The van der Waals surface area contributed by atoms with Crippen molar-refractivity contribution in [3.63, 3.8) is 0 Å². The molecule has 1 N–H and O–H groups in total. The number of nitrogens with zero attached hydrogens (tertiary/aromatic N) is 1. The third-order valence-corrected chi connectivity index (χ3v) is 3.32. The Kier molecular flexibility index (Phi) is 4.58. The Morgan fingerprint density at radius 1 is 1.26 bits per heavy atom.